The average molecular weight is 425 g/mol. The second kappa shape index (κ2) is 10.1. The summed E-state index contributed by atoms with van der Waals surface area (Å²) in [6.07, 6.45) is 0.997. The summed E-state index contributed by atoms with van der Waals surface area (Å²) in [6.45, 7) is 5.27. The lowest BCUT2D eigenvalue weighted by atomic mass is 10.1. The van der Waals surface area contributed by atoms with Crippen LogP contribution in [0, 0.1) is 0 Å². The van der Waals surface area contributed by atoms with Gasteiger partial charge in [0.1, 0.15) is 5.75 Å². The number of ether oxygens (including phenoxy) is 1. The fourth-order valence-corrected chi connectivity index (χ4v) is 2.13. The Kier molecular flexibility index (Phi) is 8.47. The van der Waals surface area contributed by atoms with E-state index in [9.17, 15) is 0 Å². The summed E-state index contributed by atoms with van der Waals surface area (Å²) in [5, 5.41) is 3.12. The van der Waals surface area contributed by atoms with E-state index in [1.165, 1.54) is 5.56 Å². The van der Waals surface area contributed by atoms with Crippen LogP contribution in [0.4, 0.5) is 5.69 Å². The van der Waals surface area contributed by atoms with Crippen molar-refractivity contribution in [2.45, 2.75) is 26.8 Å². The predicted molar refractivity (Wildman–Crippen MR) is 108 cm³/mol. The molecule has 0 fully saturated rings. The molecule has 0 unspecified atom stereocenters. The first-order valence-corrected chi connectivity index (χ1v) is 7.59. The summed E-state index contributed by atoms with van der Waals surface area (Å²) in [4.78, 5) is 4.37. The first-order chi connectivity index (χ1) is 10.7. The van der Waals surface area contributed by atoms with Crippen LogP contribution in [0.5, 0.6) is 5.75 Å². The Morgan fingerprint density at radius 3 is 2.57 bits per heavy atom. The van der Waals surface area contributed by atoms with Crippen LogP contribution in [-0.2, 0) is 13.0 Å². The molecular weight excluding hydrogens is 401 g/mol. The smallest absolute Gasteiger partial charge is 0.193 e. The van der Waals surface area contributed by atoms with Gasteiger partial charge in [-0.3, -0.25) is 0 Å². The number of aryl methyl sites for hydroxylation is 1. The molecule has 2 rings (SSSR count). The maximum Gasteiger partial charge on any atom is 0.193 e. The molecule has 124 valence electrons. The first-order valence-electron chi connectivity index (χ1n) is 7.59. The number of nitrogens with zero attached hydrogens (tertiary/aromatic N) is 1. The molecular formula is C18H24IN3O. The van der Waals surface area contributed by atoms with Crippen molar-refractivity contribution in [1.82, 2.24) is 0 Å². The molecule has 3 N–H and O–H groups in total. The highest BCUT2D eigenvalue weighted by molar-refractivity contribution is 14.0. The van der Waals surface area contributed by atoms with Gasteiger partial charge in [-0.2, -0.15) is 0 Å². The zero-order valence-corrected chi connectivity index (χ0v) is 15.9. The minimum Gasteiger partial charge on any atom is -0.494 e. The molecule has 2 aromatic rings. The number of nitrogens with two attached hydrogens (primary N) is 1. The predicted octanol–water partition coefficient (Wildman–Crippen LogP) is 4.19. The molecule has 0 amide bonds. The second-order valence-electron chi connectivity index (χ2n) is 4.96. The van der Waals surface area contributed by atoms with E-state index in [0.29, 0.717) is 19.1 Å². The van der Waals surface area contributed by atoms with Crippen molar-refractivity contribution in [2.75, 3.05) is 11.9 Å². The van der Waals surface area contributed by atoms with Crippen LogP contribution in [0.25, 0.3) is 0 Å². The summed E-state index contributed by atoms with van der Waals surface area (Å²) >= 11 is 0. The van der Waals surface area contributed by atoms with Crippen molar-refractivity contribution in [2.24, 2.45) is 10.7 Å². The molecule has 2 aromatic carbocycles. The van der Waals surface area contributed by atoms with Gasteiger partial charge < -0.3 is 15.8 Å². The maximum atomic E-state index is 5.95. The first kappa shape index (κ1) is 19.3. The average Bonchev–Trinajstić information content (AvgIpc) is 2.54. The van der Waals surface area contributed by atoms with Crippen LogP contribution in [0.1, 0.15) is 25.0 Å². The standard InChI is InChI=1S/C18H23N3O.HI/c1-3-14-7-5-9-16(11-14)21-18(19)20-13-15-8-6-10-17(12-15)22-4-2;/h5-12H,3-4,13H2,1-2H3,(H3,19,20,21);1H. The molecule has 0 aliphatic heterocycles. The number of benzene rings is 2. The van der Waals surface area contributed by atoms with Gasteiger partial charge in [-0.15, -0.1) is 24.0 Å². The summed E-state index contributed by atoms with van der Waals surface area (Å²) in [5.74, 6) is 1.27. The molecule has 0 saturated heterocycles. The number of hydrogen-bond donors (Lipinski definition) is 2. The van der Waals surface area contributed by atoms with Crippen molar-refractivity contribution in [3.63, 3.8) is 0 Å². The number of aliphatic imine (C=N–C) groups is 1. The molecule has 5 heteroatoms. The zero-order valence-electron chi connectivity index (χ0n) is 13.6. The van der Waals surface area contributed by atoms with Crippen LogP contribution in [0.2, 0.25) is 0 Å². The molecule has 0 radical (unpaired) electrons. The molecule has 0 spiro atoms. The number of rotatable bonds is 6. The Labute approximate surface area is 155 Å². The third-order valence-electron chi connectivity index (χ3n) is 3.25. The Balaban J connectivity index is 0.00000264. The van der Waals surface area contributed by atoms with Crippen LogP contribution in [-0.4, -0.2) is 12.6 Å². The monoisotopic (exact) mass is 425 g/mol. The van der Waals surface area contributed by atoms with E-state index in [0.717, 1.165) is 23.4 Å². The Morgan fingerprint density at radius 2 is 1.83 bits per heavy atom. The fourth-order valence-electron chi connectivity index (χ4n) is 2.13. The summed E-state index contributed by atoms with van der Waals surface area (Å²) < 4.78 is 5.48. The lowest BCUT2D eigenvalue weighted by Gasteiger charge is -2.08. The van der Waals surface area contributed by atoms with Crippen molar-refractivity contribution in [3.05, 3.63) is 59.7 Å². The van der Waals surface area contributed by atoms with E-state index in [-0.39, 0.29) is 24.0 Å². The third-order valence-corrected chi connectivity index (χ3v) is 3.25. The molecule has 0 heterocycles. The van der Waals surface area contributed by atoms with Gasteiger partial charge >= 0.3 is 0 Å². The lowest BCUT2D eigenvalue weighted by Crippen LogP contribution is -2.22. The van der Waals surface area contributed by atoms with Gasteiger partial charge in [-0.25, -0.2) is 4.99 Å². The Bertz CT molecular complexity index is 644. The minimum atomic E-state index is 0. The minimum absolute atomic E-state index is 0. The third kappa shape index (κ3) is 6.48. The van der Waals surface area contributed by atoms with Crippen LogP contribution >= 0.6 is 24.0 Å². The topological polar surface area (TPSA) is 59.6 Å². The summed E-state index contributed by atoms with van der Waals surface area (Å²) in [5.41, 5.74) is 9.24. The van der Waals surface area contributed by atoms with Gasteiger partial charge in [0, 0.05) is 5.69 Å². The summed E-state index contributed by atoms with van der Waals surface area (Å²) in [7, 11) is 0. The molecule has 0 aromatic heterocycles. The van der Waals surface area contributed by atoms with E-state index in [1.54, 1.807) is 0 Å². The van der Waals surface area contributed by atoms with Gasteiger partial charge in [-0.05, 0) is 48.7 Å². The molecule has 0 atom stereocenters. The number of nitrogens with one attached hydrogen (secondary N) is 1. The van der Waals surface area contributed by atoms with E-state index in [4.69, 9.17) is 10.5 Å². The summed E-state index contributed by atoms with van der Waals surface area (Å²) in [6, 6.07) is 16.1. The lowest BCUT2D eigenvalue weighted by molar-refractivity contribution is 0.340. The van der Waals surface area contributed by atoms with Gasteiger partial charge in [0.25, 0.3) is 0 Å². The SMILES string of the molecule is CCOc1cccc(CN=C(N)Nc2cccc(CC)c2)c1.I. The van der Waals surface area contributed by atoms with Gasteiger partial charge in [0.2, 0.25) is 0 Å². The van der Waals surface area contributed by atoms with E-state index >= 15 is 0 Å². The molecule has 0 aliphatic rings. The number of guanidine groups is 1. The van der Waals surface area contributed by atoms with Crippen LogP contribution < -0.4 is 15.8 Å². The molecule has 4 nitrogen and oxygen atoms in total. The van der Waals surface area contributed by atoms with Gasteiger partial charge in [0.05, 0.1) is 13.2 Å². The van der Waals surface area contributed by atoms with Gasteiger partial charge in [-0.1, -0.05) is 31.2 Å². The van der Waals surface area contributed by atoms with E-state index in [1.807, 2.05) is 43.3 Å². The number of halogens is 1. The number of hydrogen-bond acceptors (Lipinski definition) is 2. The highest BCUT2D eigenvalue weighted by atomic mass is 127. The largest absolute Gasteiger partial charge is 0.494 e. The highest BCUT2D eigenvalue weighted by Gasteiger charge is 1.99. The maximum absolute atomic E-state index is 5.95. The molecule has 0 bridgehead atoms. The van der Waals surface area contributed by atoms with Crippen molar-refractivity contribution >= 4 is 35.6 Å². The van der Waals surface area contributed by atoms with Gasteiger partial charge in [0.15, 0.2) is 5.96 Å². The zero-order chi connectivity index (χ0) is 15.8. The fraction of sp³-hybridized carbons (Fsp3) is 0.278. The number of anilines is 1. The molecule has 0 saturated carbocycles. The van der Waals surface area contributed by atoms with E-state index in [2.05, 4.69) is 29.4 Å². The normalized spacial score (nSPS) is 10.8. The second-order valence-corrected chi connectivity index (χ2v) is 4.96. The van der Waals surface area contributed by atoms with Crippen LogP contribution in [0.3, 0.4) is 0 Å². The molecule has 0 aliphatic carbocycles. The highest BCUT2D eigenvalue weighted by Crippen LogP contribution is 2.14. The van der Waals surface area contributed by atoms with Crippen molar-refractivity contribution in [3.8, 4) is 5.75 Å². The van der Waals surface area contributed by atoms with Crippen LogP contribution in [0.15, 0.2) is 53.5 Å². The van der Waals surface area contributed by atoms with Crippen molar-refractivity contribution < 1.29 is 4.74 Å². The Morgan fingerprint density at radius 1 is 1.09 bits per heavy atom. The quantitative estimate of drug-likeness (QED) is 0.415. The Hall–Kier alpha value is -1.76. The van der Waals surface area contributed by atoms with Crippen molar-refractivity contribution in [1.29, 1.82) is 0 Å². The molecule has 23 heavy (non-hydrogen) atoms. The van der Waals surface area contributed by atoms with E-state index < -0.39 is 0 Å².